The molecule has 0 atom stereocenters. The third-order valence-electron chi connectivity index (χ3n) is 10.9. The molecule has 0 aliphatic rings. The lowest BCUT2D eigenvalue weighted by Gasteiger charge is -2.11. The van der Waals surface area contributed by atoms with Crippen molar-refractivity contribution in [1.82, 2.24) is 48.5 Å². The van der Waals surface area contributed by atoms with Crippen LogP contribution < -0.4 is 11.5 Å². The fraction of sp³-hybridized carbons (Fsp3) is 0.0435. The summed E-state index contributed by atoms with van der Waals surface area (Å²) < 4.78 is 60.2. The molecule has 5 aromatic carbocycles. The number of para-hydroxylation sites is 2. The number of nitrogen functional groups attached to an aromatic ring is 2. The maximum absolute atomic E-state index is 14.9. The number of hydrogen-bond acceptors (Lipinski definition) is 10. The van der Waals surface area contributed by atoms with E-state index in [4.69, 9.17) is 11.5 Å². The number of nitrogens with one attached hydrogen (secondary N) is 3. The predicted octanol–water partition coefficient (Wildman–Crippen LogP) is 7.69. The first-order valence-corrected chi connectivity index (χ1v) is 21.3. The van der Waals surface area contributed by atoms with Crippen molar-refractivity contribution in [1.29, 1.82) is 0 Å². The molecule has 0 bridgehead atoms. The number of aromatic nitrogens is 10. The quantitative estimate of drug-likeness (QED) is 0.0933. The van der Waals surface area contributed by atoms with Crippen molar-refractivity contribution < 1.29 is 26.8 Å². The molecule has 16 nitrogen and oxygen atoms in total. The topological polar surface area (TPSA) is 234 Å². The lowest BCUT2D eigenvalue weighted by atomic mass is 10.1. The number of H-pyrrole nitrogens is 3. The molecule has 11 aromatic rings. The number of ketones is 2. The third kappa shape index (κ3) is 6.86. The summed E-state index contributed by atoms with van der Waals surface area (Å²) >= 11 is 0. The smallest absolute Gasteiger partial charge is 0.268 e. The van der Waals surface area contributed by atoms with Gasteiger partial charge in [0.2, 0.25) is 11.6 Å². The Morgan fingerprint density at radius 2 is 1.12 bits per heavy atom. The van der Waals surface area contributed by atoms with E-state index in [9.17, 15) is 26.8 Å². The minimum Gasteiger partial charge on any atom is -0.383 e. The summed E-state index contributed by atoms with van der Waals surface area (Å²) in [6, 6.07) is 31.1. The van der Waals surface area contributed by atoms with Gasteiger partial charge in [0.05, 0.1) is 61.7 Å². The van der Waals surface area contributed by atoms with E-state index < -0.39 is 27.4 Å². The van der Waals surface area contributed by atoms with E-state index in [1.165, 1.54) is 53.5 Å². The second kappa shape index (κ2) is 15.3. The van der Waals surface area contributed by atoms with Crippen LogP contribution in [0.25, 0.3) is 55.2 Å². The van der Waals surface area contributed by atoms with Crippen LogP contribution in [0, 0.1) is 25.5 Å². The normalized spacial score (nSPS) is 11.8. The second-order valence-electron chi connectivity index (χ2n) is 15.1. The molecule has 11 rings (SSSR count). The Morgan fingerprint density at radius 3 is 1.71 bits per heavy atom. The standard InChI is InChI=1S/C26H19FN6O3S.C20H15FN6O/c1-15-30-20-12-19(27)23(13-21(20)31-15)32-26(28)18(14-29-32)25(34)24-11-16-7-5-6-10-22(16)33(24)37(35,36)17-8-3-2-4-9-17;1-10-24-15-7-13(21)18(8-16(15)25-10)27-20(22)12(9-23-27)19(28)17-6-11-4-2-3-5-14(11)26-17/h2-14H,28H2,1H3,(H,30,31);2-9,26H,22H2,1H3,(H,24,25). The highest BCUT2D eigenvalue weighted by Gasteiger charge is 2.30. The van der Waals surface area contributed by atoms with Gasteiger partial charge in [-0.25, -0.2) is 40.5 Å². The number of nitrogens with two attached hydrogens (primary N) is 2. The number of aryl methyl sites for hydroxylation is 2. The molecular weight excluding hydrogens is 855 g/mol. The lowest BCUT2D eigenvalue weighted by Crippen LogP contribution is -2.19. The van der Waals surface area contributed by atoms with Gasteiger partial charge >= 0.3 is 0 Å². The molecule has 0 aliphatic heterocycles. The van der Waals surface area contributed by atoms with E-state index in [0.29, 0.717) is 50.3 Å². The number of carbonyl (C=O) groups is 2. The number of benzene rings is 5. The molecule has 0 unspecified atom stereocenters. The Morgan fingerprint density at radius 1 is 0.600 bits per heavy atom. The van der Waals surface area contributed by atoms with Crippen molar-refractivity contribution in [2.24, 2.45) is 0 Å². The molecule has 322 valence electrons. The number of hydrogen-bond donors (Lipinski definition) is 5. The van der Waals surface area contributed by atoms with E-state index in [0.717, 1.165) is 19.6 Å². The molecule has 0 saturated heterocycles. The number of fused-ring (bicyclic) bond motifs is 4. The molecule has 19 heteroatoms. The first kappa shape index (κ1) is 40.4. The molecule has 0 aliphatic carbocycles. The molecule has 65 heavy (non-hydrogen) atoms. The van der Waals surface area contributed by atoms with E-state index in [2.05, 4.69) is 35.1 Å². The van der Waals surface area contributed by atoms with Gasteiger partial charge in [-0.1, -0.05) is 54.6 Å². The Hall–Kier alpha value is -8.71. The van der Waals surface area contributed by atoms with Crippen molar-refractivity contribution in [2.75, 3.05) is 11.5 Å². The highest BCUT2D eigenvalue weighted by atomic mass is 32.2. The van der Waals surface area contributed by atoms with Gasteiger partial charge < -0.3 is 26.4 Å². The highest BCUT2D eigenvalue weighted by molar-refractivity contribution is 7.90. The van der Waals surface area contributed by atoms with Crippen molar-refractivity contribution in [3.8, 4) is 11.4 Å². The van der Waals surface area contributed by atoms with Crippen molar-refractivity contribution >= 4 is 77.1 Å². The Bertz CT molecular complexity index is 3790. The third-order valence-corrected chi connectivity index (χ3v) is 12.6. The number of nitrogens with zero attached hydrogens (tertiary/aromatic N) is 7. The highest BCUT2D eigenvalue weighted by Crippen LogP contribution is 2.31. The van der Waals surface area contributed by atoms with Crippen LogP contribution in [0.15, 0.2) is 133 Å². The molecular formula is C46H34F2N12O4S. The molecule has 6 heterocycles. The Kier molecular flexibility index (Phi) is 9.49. The van der Waals surface area contributed by atoms with Crippen LogP contribution in [0.4, 0.5) is 20.4 Å². The van der Waals surface area contributed by atoms with Crippen molar-refractivity contribution in [3.63, 3.8) is 0 Å². The zero-order chi connectivity index (χ0) is 45.3. The average Bonchev–Trinajstić information content (AvgIpc) is 4.16. The average molecular weight is 889 g/mol. The van der Waals surface area contributed by atoms with Crippen LogP contribution in [0.5, 0.6) is 0 Å². The van der Waals surface area contributed by atoms with Crippen LogP contribution >= 0.6 is 0 Å². The number of aromatic amines is 3. The van der Waals surface area contributed by atoms with Crippen molar-refractivity contribution in [2.45, 2.75) is 18.7 Å². The van der Waals surface area contributed by atoms with Crippen LogP contribution in [0.3, 0.4) is 0 Å². The van der Waals surface area contributed by atoms with E-state index in [1.807, 2.05) is 24.3 Å². The maximum Gasteiger partial charge on any atom is 0.268 e. The lowest BCUT2D eigenvalue weighted by molar-refractivity contribution is 0.102. The second-order valence-corrected chi connectivity index (χ2v) is 16.9. The summed E-state index contributed by atoms with van der Waals surface area (Å²) in [5.41, 5.74) is 16.4. The number of halogens is 2. The van der Waals surface area contributed by atoms with Gasteiger partial charge in [0.25, 0.3) is 10.0 Å². The van der Waals surface area contributed by atoms with Gasteiger partial charge in [0, 0.05) is 28.4 Å². The summed E-state index contributed by atoms with van der Waals surface area (Å²) in [4.78, 5) is 44.3. The minimum atomic E-state index is -4.14. The van der Waals surface area contributed by atoms with Gasteiger partial charge in [-0.3, -0.25) is 9.59 Å². The summed E-state index contributed by atoms with van der Waals surface area (Å²) in [7, 11) is -4.14. The first-order chi connectivity index (χ1) is 31.3. The predicted molar refractivity (Wildman–Crippen MR) is 241 cm³/mol. The van der Waals surface area contributed by atoms with Crippen LogP contribution in [0.2, 0.25) is 0 Å². The SMILES string of the molecule is Cc1nc2cc(-n3ncc(C(=O)c4cc5ccccc5[nH]4)c3N)c(F)cc2[nH]1.Cc1nc2cc(-n3ncc(C(=O)c4cc5ccccc5n4S(=O)(=O)c4ccccc4)c3N)c(F)cc2[nH]1. The number of anilines is 2. The number of imidazole rings is 2. The summed E-state index contributed by atoms with van der Waals surface area (Å²) in [6.07, 6.45) is 2.55. The van der Waals surface area contributed by atoms with Crippen molar-refractivity contribution in [3.05, 3.63) is 173 Å². The Labute approximate surface area is 366 Å². The molecule has 0 spiro atoms. The van der Waals surface area contributed by atoms with Crippen LogP contribution in [-0.4, -0.2) is 68.4 Å². The van der Waals surface area contributed by atoms with E-state index >= 15 is 0 Å². The summed E-state index contributed by atoms with van der Waals surface area (Å²) in [5.74, 6) is -0.897. The van der Waals surface area contributed by atoms with Gasteiger partial charge in [0.1, 0.15) is 40.4 Å². The zero-order valence-corrected chi connectivity index (χ0v) is 35.0. The zero-order valence-electron chi connectivity index (χ0n) is 34.2. The fourth-order valence-corrected chi connectivity index (χ4v) is 9.32. The number of rotatable bonds is 8. The first-order valence-electron chi connectivity index (χ1n) is 19.8. The Balaban J connectivity index is 0.000000159. The minimum absolute atomic E-state index is 0.00741. The monoisotopic (exact) mass is 888 g/mol. The number of carbonyl (C=O) groups excluding carboxylic acids is 2. The van der Waals surface area contributed by atoms with E-state index in [-0.39, 0.29) is 50.5 Å². The summed E-state index contributed by atoms with van der Waals surface area (Å²) in [6.45, 7) is 3.54. The molecule has 7 N–H and O–H groups in total. The fourth-order valence-electron chi connectivity index (χ4n) is 7.79. The van der Waals surface area contributed by atoms with Gasteiger partial charge in [-0.05, 0) is 62.4 Å². The van der Waals surface area contributed by atoms with Gasteiger partial charge in [-0.15, -0.1) is 0 Å². The maximum atomic E-state index is 14.9. The molecule has 0 amide bonds. The van der Waals surface area contributed by atoms with Gasteiger partial charge in [0.15, 0.2) is 11.6 Å². The largest absolute Gasteiger partial charge is 0.383 e. The molecule has 0 fully saturated rings. The van der Waals surface area contributed by atoms with Crippen LogP contribution in [0.1, 0.15) is 43.8 Å². The van der Waals surface area contributed by atoms with E-state index in [1.54, 1.807) is 68.4 Å². The van der Waals surface area contributed by atoms with Gasteiger partial charge in [-0.2, -0.15) is 10.2 Å². The molecule has 0 radical (unpaired) electrons. The van der Waals surface area contributed by atoms with Crippen LogP contribution in [-0.2, 0) is 10.0 Å². The molecule has 6 aromatic heterocycles. The molecule has 0 saturated carbocycles. The summed E-state index contributed by atoms with van der Waals surface area (Å²) in [5, 5.41) is 9.76.